The summed E-state index contributed by atoms with van der Waals surface area (Å²) in [4.78, 5) is 30.6. The average molecular weight is 451 g/mol. The number of amides is 2. The summed E-state index contributed by atoms with van der Waals surface area (Å²) < 4.78 is 16.2. The molecule has 0 unspecified atom stereocenters. The van der Waals surface area contributed by atoms with E-state index in [0.717, 1.165) is 18.5 Å². The Bertz CT molecular complexity index is 1080. The second kappa shape index (κ2) is 10.1. The van der Waals surface area contributed by atoms with Crippen LogP contribution in [0.15, 0.2) is 48.2 Å². The molecule has 0 spiro atoms. The minimum absolute atomic E-state index is 0.266. The van der Waals surface area contributed by atoms with E-state index in [9.17, 15) is 9.59 Å². The number of imide groups is 1. The molecule has 7 nitrogen and oxygen atoms in total. The van der Waals surface area contributed by atoms with Crippen LogP contribution in [-0.4, -0.2) is 57.2 Å². The highest BCUT2D eigenvalue weighted by Crippen LogP contribution is 2.40. The van der Waals surface area contributed by atoms with Crippen LogP contribution in [0.5, 0.6) is 11.5 Å². The van der Waals surface area contributed by atoms with Crippen molar-refractivity contribution >= 4 is 23.1 Å². The van der Waals surface area contributed by atoms with Crippen molar-refractivity contribution in [2.24, 2.45) is 0 Å². The van der Waals surface area contributed by atoms with Crippen LogP contribution in [0.1, 0.15) is 30.9 Å². The molecule has 4 rings (SSSR count). The Kier molecular flexibility index (Phi) is 6.99. The van der Waals surface area contributed by atoms with Gasteiger partial charge in [0.1, 0.15) is 5.70 Å². The van der Waals surface area contributed by atoms with Gasteiger partial charge in [-0.25, -0.2) is 0 Å². The molecule has 0 aromatic heterocycles. The lowest BCUT2D eigenvalue weighted by Crippen LogP contribution is -2.37. The van der Waals surface area contributed by atoms with Gasteiger partial charge in [-0.2, -0.15) is 0 Å². The van der Waals surface area contributed by atoms with Gasteiger partial charge in [0.15, 0.2) is 11.5 Å². The standard InChI is InChI=1S/C26H30N2O5/c1-4-33-16-8-15-28-25(29)23(19-12-13-21(31-2)22(17-19)32-3)24(26(28)30)27-14-7-10-18-9-5-6-11-20(18)27/h5-6,9,11-13,17H,4,7-8,10,14-16H2,1-3H3. The van der Waals surface area contributed by atoms with E-state index in [4.69, 9.17) is 14.2 Å². The number of ether oxygens (including phenoxy) is 3. The molecule has 0 saturated carbocycles. The Morgan fingerprint density at radius 1 is 0.970 bits per heavy atom. The average Bonchev–Trinajstić information content (AvgIpc) is 3.10. The number of anilines is 1. The summed E-state index contributed by atoms with van der Waals surface area (Å²) in [5.74, 6) is 0.521. The fraction of sp³-hybridized carbons (Fsp3) is 0.385. The van der Waals surface area contributed by atoms with Gasteiger partial charge in [0.25, 0.3) is 11.8 Å². The van der Waals surface area contributed by atoms with E-state index < -0.39 is 0 Å². The fourth-order valence-electron chi connectivity index (χ4n) is 4.50. The predicted octanol–water partition coefficient (Wildman–Crippen LogP) is 3.66. The smallest absolute Gasteiger partial charge is 0.278 e. The van der Waals surface area contributed by atoms with E-state index in [2.05, 4.69) is 6.07 Å². The molecule has 7 heteroatoms. The molecular weight excluding hydrogens is 420 g/mol. The number of carbonyl (C=O) groups excluding carboxylic acids is 2. The molecule has 0 saturated heterocycles. The number of methoxy groups -OCH3 is 2. The quantitative estimate of drug-likeness (QED) is 0.429. The van der Waals surface area contributed by atoms with Crippen molar-refractivity contribution in [3.63, 3.8) is 0 Å². The SMILES string of the molecule is CCOCCCN1C(=O)C(c2ccc(OC)c(OC)c2)=C(N2CCCc3ccccc32)C1=O. The van der Waals surface area contributed by atoms with Crippen LogP contribution >= 0.6 is 0 Å². The van der Waals surface area contributed by atoms with Gasteiger partial charge >= 0.3 is 0 Å². The number of rotatable bonds is 9. The zero-order chi connectivity index (χ0) is 23.4. The third-order valence-electron chi connectivity index (χ3n) is 6.07. The molecular formula is C26H30N2O5. The molecule has 0 bridgehead atoms. The van der Waals surface area contributed by atoms with Crippen molar-refractivity contribution in [1.82, 2.24) is 4.90 Å². The molecule has 0 atom stereocenters. The molecule has 2 aliphatic heterocycles. The van der Waals surface area contributed by atoms with Crippen LogP contribution in [0, 0.1) is 0 Å². The minimum Gasteiger partial charge on any atom is -0.493 e. The maximum atomic E-state index is 13.7. The second-order valence-electron chi connectivity index (χ2n) is 7.99. The van der Waals surface area contributed by atoms with Crippen molar-refractivity contribution in [2.75, 3.05) is 45.4 Å². The van der Waals surface area contributed by atoms with E-state index >= 15 is 0 Å². The van der Waals surface area contributed by atoms with Crippen LogP contribution in [0.2, 0.25) is 0 Å². The number of aryl methyl sites for hydroxylation is 1. The van der Waals surface area contributed by atoms with E-state index in [1.165, 1.54) is 10.5 Å². The van der Waals surface area contributed by atoms with E-state index in [1.807, 2.05) is 30.0 Å². The summed E-state index contributed by atoms with van der Waals surface area (Å²) >= 11 is 0. The number of benzene rings is 2. The third-order valence-corrected chi connectivity index (χ3v) is 6.07. The fourth-order valence-corrected chi connectivity index (χ4v) is 4.50. The van der Waals surface area contributed by atoms with Crippen LogP contribution < -0.4 is 14.4 Å². The molecule has 2 aliphatic rings. The first-order chi connectivity index (χ1) is 16.1. The Balaban J connectivity index is 1.80. The number of fused-ring (bicyclic) bond motifs is 1. The summed E-state index contributed by atoms with van der Waals surface area (Å²) in [6, 6.07) is 13.4. The summed E-state index contributed by atoms with van der Waals surface area (Å²) in [6.45, 7) is 4.02. The predicted molar refractivity (Wildman–Crippen MR) is 126 cm³/mol. The van der Waals surface area contributed by atoms with Gasteiger partial charge in [-0.15, -0.1) is 0 Å². The van der Waals surface area contributed by atoms with Crippen molar-refractivity contribution < 1.29 is 23.8 Å². The number of carbonyl (C=O) groups is 2. The zero-order valence-electron chi connectivity index (χ0n) is 19.4. The summed E-state index contributed by atoms with van der Waals surface area (Å²) in [5, 5.41) is 0. The highest BCUT2D eigenvalue weighted by molar-refractivity contribution is 6.36. The molecule has 0 radical (unpaired) electrons. The van der Waals surface area contributed by atoms with Gasteiger partial charge in [0, 0.05) is 32.0 Å². The summed E-state index contributed by atoms with van der Waals surface area (Å²) in [7, 11) is 3.12. The van der Waals surface area contributed by atoms with E-state index in [-0.39, 0.29) is 11.8 Å². The summed E-state index contributed by atoms with van der Waals surface area (Å²) in [6.07, 6.45) is 2.45. The molecule has 2 aromatic rings. The third kappa shape index (κ3) is 4.33. The molecule has 2 amide bonds. The number of nitrogens with zero attached hydrogens (tertiary/aromatic N) is 2. The first kappa shape index (κ1) is 22.9. The Labute approximate surface area is 194 Å². The van der Waals surface area contributed by atoms with Gasteiger partial charge < -0.3 is 19.1 Å². The molecule has 174 valence electrons. The molecule has 33 heavy (non-hydrogen) atoms. The second-order valence-corrected chi connectivity index (χ2v) is 7.99. The van der Waals surface area contributed by atoms with Gasteiger partial charge in [0.05, 0.1) is 19.8 Å². The van der Waals surface area contributed by atoms with E-state index in [1.54, 1.807) is 32.4 Å². The van der Waals surface area contributed by atoms with E-state index in [0.29, 0.717) is 61.1 Å². The Hall–Kier alpha value is -3.32. The van der Waals surface area contributed by atoms with Crippen LogP contribution in [0.25, 0.3) is 5.57 Å². The lowest BCUT2D eigenvalue weighted by atomic mass is 9.98. The van der Waals surface area contributed by atoms with Gasteiger partial charge in [-0.1, -0.05) is 24.3 Å². The van der Waals surface area contributed by atoms with Crippen molar-refractivity contribution in [1.29, 1.82) is 0 Å². The molecule has 2 heterocycles. The molecule has 0 fully saturated rings. The maximum Gasteiger partial charge on any atom is 0.278 e. The van der Waals surface area contributed by atoms with Crippen LogP contribution in [0.4, 0.5) is 5.69 Å². The van der Waals surface area contributed by atoms with Gasteiger partial charge in [-0.3, -0.25) is 14.5 Å². The summed E-state index contributed by atoms with van der Waals surface area (Å²) in [5.41, 5.74) is 3.62. The van der Waals surface area contributed by atoms with Crippen molar-refractivity contribution in [3.8, 4) is 11.5 Å². The highest BCUT2D eigenvalue weighted by Gasteiger charge is 2.42. The zero-order valence-corrected chi connectivity index (χ0v) is 19.4. The molecule has 2 aromatic carbocycles. The maximum absolute atomic E-state index is 13.7. The Morgan fingerprint density at radius 2 is 1.76 bits per heavy atom. The first-order valence-electron chi connectivity index (χ1n) is 11.4. The largest absolute Gasteiger partial charge is 0.493 e. The van der Waals surface area contributed by atoms with Crippen molar-refractivity contribution in [3.05, 3.63) is 59.3 Å². The minimum atomic E-state index is -0.290. The van der Waals surface area contributed by atoms with Crippen LogP contribution in [-0.2, 0) is 20.7 Å². The monoisotopic (exact) mass is 450 g/mol. The van der Waals surface area contributed by atoms with Gasteiger partial charge in [0.2, 0.25) is 0 Å². The lowest BCUT2D eigenvalue weighted by Gasteiger charge is -2.32. The normalized spacial score (nSPS) is 15.8. The van der Waals surface area contributed by atoms with Gasteiger partial charge in [-0.05, 0) is 55.5 Å². The Morgan fingerprint density at radius 3 is 2.52 bits per heavy atom. The first-order valence-corrected chi connectivity index (χ1v) is 11.4. The topological polar surface area (TPSA) is 68.3 Å². The molecule has 0 N–H and O–H groups in total. The van der Waals surface area contributed by atoms with Crippen LogP contribution in [0.3, 0.4) is 0 Å². The van der Waals surface area contributed by atoms with Crippen molar-refractivity contribution in [2.45, 2.75) is 26.2 Å². The molecule has 0 aliphatic carbocycles. The number of hydrogen-bond donors (Lipinski definition) is 0. The number of para-hydroxylation sites is 1. The lowest BCUT2D eigenvalue weighted by molar-refractivity contribution is -0.137. The number of hydrogen-bond acceptors (Lipinski definition) is 6. The highest BCUT2D eigenvalue weighted by atomic mass is 16.5.